The minimum absolute atomic E-state index is 0.0458. The fraction of sp³-hybridized carbons (Fsp3) is 0.154. The van der Waals surface area contributed by atoms with Gasteiger partial charge in [0.15, 0.2) is 0 Å². The molecular formula is C13H13ClFN3O2S. The van der Waals surface area contributed by atoms with Crippen LogP contribution in [0.5, 0.6) is 0 Å². The lowest BCUT2D eigenvalue weighted by Crippen LogP contribution is -2.31. The van der Waals surface area contributed by atoms with Crippen molar-refractivity contribution in [3.8, 4) is 0 Å². The number of benzene rings is 1. The zero-order chi connectivity index (χ0) is 15.6. The Morgan fingerprint density at radius 3 is 2.67 bits per heavy atom. The van der Waals surface area contributed by atoms with Gasteiger partial charge in [0.1, 0.15) is 16.5 Å². The van der Waals surface area contributed by atoms with Crippen LogP contribution in [0.15, 0.2) is 41.4 Å². The van der Waals surface area contributed by atoms with Crippen LogP contribution in [0, 0.1) is 5.82 Å². The maximum atomic E-state index is 13.3. The number of hydrogen-bond acceptors (Lipinski definition) is 4. The molecule has 0 aliphatic heterocycles. The first-order valence-corrected chi connectivity index (χ1v) is 7.87. The minimum Gasteiger partial charge on any atom is -0.382 e. The molecule has 5 nitrogen and oxygen atoms in total. The number of pyridine rings is 1. The highest BCUT2D eigenvalue weighted by Crippen LogP contribution is 2.26. The summed E-state index contributed by atoms with van der Waals surface area (Å²) in [7, 11) is -3.90. The van der Waals surface area contributed by atoms with E-state index in [1.54, 1.807) is 6.92 Å². The van der Waals surface area contributed by atoms with Gasteiger partial charge in [0, 0.05) is 12.7 Å². The van der Waals surface area contributed by atoms with E-state index in [1.165, 1.54) is 24.3 Å². The molecule has 0 saturated carbocycles. The van der Waals surface area contributed by atoms with Gasteiger partial charge in [-0.1, -0.05) is 17.7 Å². The summed E-state index contributed by atoms with van der Waals surface area (Å²) in [5, 5.41) is 0.0476. The number of hydrogen-bond donors (Lipinski definition) is 1. The first-order valence-electron chi connectivity index (χ1n) is 6.05. The monoisotopic (exact) mass is 329 g/mol. The van der Waals surface area contributed by atoms with Crippen molar-refractivity contribution < 1.29 is 12.8 Å². The Kier molecular flexibility index (Phi) is 4.34. The molecule has 112 valence electrons. The summed E-state index contributed by atoms with van der Waals surface area (Å²) in [4.78, 5) is 3.63. The van der Waals surface area contributed by atoms with Gasteiger partial charge in [-0.05, 0) is 31.2 Å². The maximum Gasteiger partial charge on any atom is 0.265 e. The topological polar surface area (TPSA) is 76.3 Å². The molecule has 21 heavy (non-hydrogen) atoms. The van der Waals surface area contributed by atoms with Crippen molar-refractivity contribution in [3.63, 3.8) is 0 Å². The number of anilines is 2. The van der Waals surface area contributed by atoms with E-state index >= 15 is 0 Å². The van der Waals surface area contributed by atoms with Crippen molar-refractivity contribution in [3.05, 3.63) is 47.4 Å². The Balaban J connectivity index is 2.51. The Bertz CT molecular complexity index is 768. The second-order valence-electron chi connectivity index (χ2n) is 4.19. The summed E-state index contributed by atoms with van der Waals surface area (Å²) >= 11 is 5.81. The average Bonchev–Trinajstić information content (AvgIpc) is 2.42. The van der Waals surface area contributed by atoms with Gasteiger partial charge >= 0.3 is 0 Å². The molecule has 0 bridgehead atoms. The summed E-state index contributed by atoms with van der Waals surface area (Å²) in [5.41, 5.74) is 5.70. The van der Waals surface area contributed by atoms with E-state index in [2.05, 4.69) is 4.98 Å². The number of halogens is 2. The lowest BCUT2D eigenvalue weighted by Gasteiger charge is -2.22. The van der Waals surface area contributed by atoms with Crippen molar-refractivity contribution in [2.75, 3.05) is 16.6 Å². The third-order valence-corrected chi connectivity index (χ3v) is 4.99. The van der Waals surface area contributed by atoms with Gasteiger partial charge in [-0.3, -0.25) is 4.31 Å². The van der Waals surface area contributed by atoms with Gasteiger partial charge in [-0.15, -0.1) is 0 Å². The smallest absolute Gasteiger partial charge is 0.265 e. The number of sulfonamides is 1. The molecule has 0 saturated heterocycles. The lowest BCUT2D eigenvalue weighted by molar-refractivity contribution is 0.591. The van der Waals surface area contributed by atoms with Crippen LogP contribution in [0.4, 0.5) is 15.9 Å². The molecule has 1 aromatic carbocycles. The molecule has 2 N–H and O–H groups in total. The number of nitrogens with zero attached hydrogens (tertiary/aromatic N) is 2. The van der Waals surface area contributed by atoms with Crippen LogP contribution in [0.2, 0.25) is 5.02 Å². The molecule has 8 heteroatoms. The summed E-state index contributed by atoms with van der Waals surface area (Å²) in [6, 6.07) is 6.56. The molecule has 1 heterocycles. The predicted molar refractivity (Wildman–Crippen MR) is 80.3 cm³/mol. The highest BCUT2D eigenvalue weighted by atomic mass is 35.5. The minimum atomic E-state index is -3.90. The number of nitrogens with two attached hydrogens (primary N) is 1. The zero-order valence-electron chi connectivity index (χ0n) is 11.1. The van der Waals surface area contributed by atoms with Gasteiger partial charge in [0.25, 0.3) is 10.0 Å². The molecule has 1 aromatic heterocycles. The van der Waals surface area contributed by atoms with Crippen LogP contribution in [0.25, 0.3) is 0 Å². The van der Waals surface area contributed by atoms with Gasteiger partial charge in [-0.25, -0.2) is 17.8 Å². The predicted octanol–water partition coefficient (Wildman–Crippen LogP) is 2.67. The molecule has 0 spiro atoms. The second kappa shape index (κ2) is 5.87. The van der Waals surface area contributed by atoms with E-state index in [4.69, 9.17) is 17.3 Å². The summed E-state index contributed by atoms with van der Waals surface area (Å²) in [5.74, 6) is -0.473. The fourth-order valence-corrected chi connectivity index (χ4v) is 3.49. The third-order valence-electron chi connectivity index (χ3n) is 2.82. The number of rotatable bonds is 4. The van der Waals surface area contributed by atoms with Crippen LogP contribution >= 0.6 is 11.6 Å². The van der Waals surface area contributed by atoms with Gasteiger partial charge in [0.05, 0.1) is 10.7 Å². The van der Waals surface area contributed by atoms with E-state index < -0.39 is 15.8 Å². The van der Waals surface area contributed by atoms with Gasteiger partial charge in [-0.2, -0.15) is 0 Å². The SMILES string of the molecule is CCN(c1cccc(F)c1)S(=O)(=O)c1cnc(N)c(Cl)c1. The van der Waals surface area contributed by atoms with Crippen molar-refractivity contribution in [1.82, 2.24) is 4.98 Å². The molecule has 0 amide bonds. The molecule has 0 aliphatic rings. The Morgan fingerprint density at radius 1 is 1.38 bits per heavy atom. The van der Waals surface area contributed by atoms with Gasteiger partial charge < -0.3 is 5.73 Å². The quantitative estimate of drug-likeness (QED) is 0.935. The van der Waals surface area contributed by atoms with Gasteiger partial charge in [0.2, 0.25) is 0 Å². The van der Waals surface area contributed by atoms with Crippen LogP contribution in [-0.2, 0) is 10.0 Å². The molecule has 0 fully saturated rings. The molecule has 0 atom stereocenters. The number of aromatic nitrogens is 1. The van der Waals surface area contributed by atoms with Crippen LogP contribution in [0.3, 0.4) is 0 Å². The van der Waals surface area contributed by atoms with E-state index in [0.717, 1.165) is 16.6 Å². The van der Waals surface area contributed by atoms with Crippen LogP contribution in [0.1, 0.15) is 6.92 Å². The first kappa shape index (κ1) is 15.5. The van der Waals surface area contributed by atoms with Crippen LogP contribution in [-0.4, -0.2) is 19.9 Å². The van der Waals surface area contributed by atoms with E-state index in [0.29, 0.717) is 0 Å². The number of nitrogen functional groups attached to an aromatic ring is 1. The molecule has 0 unspecified atom stereocenters. The molecule has 0 aliphatic carbocycles. The van der Waals surface area contributed by atoms with Crippen molar-refractivity contribution in [2.24, 2.45) is 0 Å². The maximum absolute atomic E-state index is 13.3. The average molecular weight is 330 g/mol. The van der Waals surface area contributed by atoms with Crippen molar-refractivity contribution in [1.29, 1.82) is 0 Å². The normalized spacial score (nSPS) is 11.4. The van der Waals surface area contributed by atoms with E-state index in [9.17, 15) is 12.8 Å². The Morgan fingerprint density at radius 2 is 2.10 bits per heavy atom. The van der Waals surface area contributed by atoms with Crippen molar-refractivity contribution >= 4 is 33.1 Å². The molecule has 2 rings (SSSR count). The van der Waals surface area contributed by atoms with Crippen LogP contribution < -0.4 is 10.0 Å². The van der Waals surface area contributed by atoms with Crippen molar-refractivity contribution in [2.45, 2.75) is 11.8 Å². The zero-order valence-corrected chi connectivity index (χ0v) is 12.7. The molecular weight excluding hydrogens is 317 g/mol. The van der Waals surface area contributed by atoms with E-state index in [-0.39, 0.29) is 28.0 Å². The first-order chi connectivity index (χ1) is 9.86. The Labute approximate surface area is 127 Å². The summed E-state index contributed by atoms with van der Waals surface area (Å²) < 4.78 is 39.6. The second-order valence-corrected chi connectivity index (χ2v) is 6.46. The molecule has 2 aromatic rings. The van der Waals surface area contributed by atoms with E-state index in [1.807, 2.05) is 0 Å². The lowest BCUT2D eigenvalue weighted by atomic mass is 10.3. The third kappa shape index (κ3) is 3.08. The summed E-state index contributed by atoms with van der Waals surface area (Å²) in [6.07, 6.45) is 1.12. The molecule has 0 radical (unpaired) electrons. The largest absolute Gasteiger partial charge is 0.382 e. The Hall–Kier alpha value is -1.86. The standard InChI is InChI=1S/C13H13ClFN3O2S/c1-2-18(10-5-3-4-9(15)6-10)21(19,20)11-7-12(14)13(16)17-8-11/h3-8H,2H2,1H3,(H2,16,17). The summed E-state index contributed by atoms with van der Waals surface area (Å²) in [6.45, 7) is 1.78. The fourth-order valence-electron chi connectivity index (χ4n) is 1.82. The highest BCUT2D eigenvalue weighted by Gasteiger charge is 2.25. The highest BCUT2D eigenvalue weighted by molar-refractivity contribution is 7.92.